The smallest absolute Gasteiger partial charge is 0.253 e. The first-order chi connectivity index (χ1) is 11.5. The molecule has 1 aromatic heterocycles. The monoisotopic (exact) mass is 321 g/mol. The molecule has 0 N–H and O–H groups in total. The summed E-state index contributed by atoms with van der Waals surface area (Å²) in [5, 5.41) is 11.1. The number of nitrogens with zero attached hydrogens (tertiary/aromatic N) is 5. The van der Waals surface area contributed by atoms with Gasteiger partial charge in [0, 0.05) is 19.2 Å². The molecule has 0 bridgehead atoms. The Labute approximate surface area is 140 Å². The third kappa shape index (κ3) is 3.32. The Bertz CT molecular complexity index is 858. The number of carbonyl (C=O) groups is 1. The van der Waals surface area contributed by atoms with Gasteiger partial charge in [-0.15, -0.1) is 5.10 Å². The molecule has 24 heavy (non-hydrogen) atoms. The minimum Gasteiger partial charge on any atom is -0.337 e. The van der Waals surface area contributed by atoms with Crippen LogP contribution in [0, 0.1) is 13.8 Å². The number of aromatic nitrogens is 4. The highest BCUT2D eigenvalue weighted by Gasteiger charge is 2.14. The van der Waals surface area contributed by atoms with E-state index in [-0.39, 0.29) is 5.91 Å². The third-order valence-corrected chi connectivity index (χ3v) is 3.96. The van der Waals surface area contributed by atoms with Gasteiger partial charge in [0.25, 0.3) is 5.91 Å². The van der Waals surface area contributed by atoms with Crippen molar-refractivity contribution in [3.63, 3.8) is 0 Å². The van der Waals surface area contributed by atoms with E-state index in [0.717, 1.165) is 11.3 Å². The fraction of sp³-hybridized carbons (Fsp3) is 0.222. The lowest BCUT2D eigenvalue weighted by molar-refractivity contribution is 0.0785. The first-order valence-corrected chi connectivity index (χ1v) is 7.69. The quantitative estimate of drug-likeness (QED) is 0.741. The second-order valence-corrected chi connectivity index (χ2v) is 5.90. The minimum atomic E-state index is -0.0371. The molecule has 0 aliphatic heterocycles. The molecule has 3 aromatic rings. The molecular formula is C18H19N5O. The Hall–Kier alpha value is -3.02. The van der Waals surface area contributed by atoms with Gasteiger partial charge in [-0.1, -0.05) is 29.8 Å². The van der Waals surface area contributed by atoms with Crippen LogP contribution in [0.4, 0.5) is 0 Å². The number of hydrogen-bond acceptors (Lipinski definition) is 4. The molecule has 2 aromatic carbocycles. The summed E-state index contributed by atoms with van der Waals surface area (Å²) in [7, 11) is 1.81. The average molecular weight is 321 g/mol. The zero-order valence-electron chi connectivity index (χ0n) is 14.0. The van der Waals surface area contributed by atoms with E-state index in [0.29, 0.717) is 12.1 Å². The van der Waals surface area contributed by atoms with Gasteiger partial charge in [-0.25, -0.2) is 4.68 Å². The van der Waals surface area contributed by atoms with Gasteiger partial charge in [0.15, 0.2) is 0 Å². The van der Waals surface area contributed by atoms with Crippen molar-refractivity contribution < 1.29 is 4.79 Å². The maximum absolute atomic E-state index is 12.7. The van der Waals surface area contributed by atoms with Crippen molar-refractivity contribution in [2.24, 2.45) is 0 Å². The molecule has 1 amide bonds. The number of benzene rings is 2. The van der Waals surface area contributed by atoms with Crippen molar-refractivity contribution in [1.29, 1.82) is 0 Å². The molecule has 0 atom stereocenters. The Morgan fingerprint density at radius 3 is 2.71 bits per heavy atom. The summed E-state index contributed by atoms with van der Waals surface area (Å²) in [6, 6.07) is 13.6. The normalized spacial score (nSPS) is 10.6. The van der Waals surface area contributed by atoms with E-state index in [2.05, 4.69) is 47.6 Å². The molecule has 122 valence electrons. The van der Waals surface area contributed by atoms with Crippen LogP contribution in [0.15, 0.2) is 48.8 Å². The largest absolute Gasteiger partial charge is 0.337 e. The Kier molecular flexibility index (Phi) is 4.37. The lowest BCUT2D eigenvalue weighted by Crippen LogP contribution is -2.26. The standard InChI is InChI=1S/C18H19N5O/c1-13-7-8-16(14(2)9-13)11-22(3)18(24)15-5-4-6-17(10-15)23-12-19-20-21-23/h4-10,12H,11H2,1-3H3. The van der Waals surface area contributed by atoms with Crippen molar-refractivity contribution in [1.82, 2.24) is 25.1 Å². The van der Waals surface area contributed by atoms with E-state index in [9.17, 15) is 4.79 Å². The van der Waals surface area contributed by atoms with Crippen LogP contribution in [0.3, 0.4) is 0 Å². The highest BCUT2D eigenvalue weighted by molar-refractivity contribution is 5.94. The maximum Gasteiger partial charge on any atom is 0.253 e. The van der Waals surface area contributed by atoms with Gasteiger partial charge >= 0.3 is 0 Å². The molecule has 0 fully saturated rings. The van der Waals surface area contributed by atoms with Crippen LogP contribution in [0.5, 0.6) is 0 Å². The SMILES string of the molecule is Cc1ccc(CN(C)C(=O)c2cccc(-n3cnnn3)c2)c(C)c1. The molecule has 0 spiro atoms. The summed E-state index contributed by atoms with van der Waals surface area (Å²) in [6.07, 6.45) is 1.50. The molecule has 0 aliphatic rings. The number of rotatable bonds is 4. The van der Waals surface area contributed by atoms with Gasteiger partial charge in [-0.05, 0) is 53.6 Å². The van der Waals surface area contributed by atoms with E-state index in [1.165, 1.54) is 22.1 Å². The average Bonchev–Trinajstić information content (AvgIpc) is 3.11. The lowest BCUT2D eigenvalue weighted by atomic mass is 10.1. The second kappa shape index (κ2) is 6.62. The summed E-state index contributed by atoms with van der Waals surface area (Å²) in [6.45, 7) is 4.70. The predicted octanol–water partition coefficient (Wildman–Crippen LogP) is 2.55. The zero-order chi connectivity index (χ0) is 17.1. The van der Waals surface area contributed by atoms with E-state index in [1.807, 2.05) is 19.2 Å². The van der Waals surface area contributed by atoms with Gasteiger partial charge in [-0.3, -0.25) is 4.79 Å². The second-order valence-electron chi connectivity index (χ2n) is 5.90. The van der Waals surface area contributed by atoms with Crippen molar-refractivity contribution in [3.05, 3.63) is 71.0 Å². The van der Waals surface area contributed by atoms with Gasteiger partial charge in [-0.2, -0.15) is 0 Å². The fourth-order valence-electron chi connectivity index (χ4n) is 2.63. The van der Waals surface area contributed by atoms with Gasteiger partial charge in [0.1, 0.15) is 6.33 Å². The Morgan fingerprint density at radius 1 is 1.17 bits per heavy atom. The van der Waals surface area contributed by atoms with E-state index < -0.39 is 0 Å². The van der Waals surface area contributed by atoms with Crippen LogP contribution in [0.1, 0.15) is 27.0 Å². The van der Waals surface area contributed by atoms with E-state index in [4.69, 9.17) is 0 Å². The van der Waals surface area contributed by atoms with E-state index >= 15 is 0 Å². The van der Waals surface area contributed by atoms with Crippen LogP contribution in [0.25, 0.3) is 5.69 Å². The summed E-state index contributed by atoms with van der Waals surface area (Å²) in [5.41, 5.74) is 4.92. The van der Waals surface area contributed by atoms with E-state index in [1.54, 1.807) is 17.0 Å². The third-order valence-electron chi connectivity index (χ3n) is 3.96. The minimum absolute atomic E-state index is 0.0371. The van der Waals surface area contributed by atoms with Crippen LogP contribution in [-0.4, -0.2) is 38.1 Å². The first-order valence-electron chi connectivity index (χ1n) is 7.69. The van der Waals surface area contributed by atoms with Crippen molar-refractivity contribution >= 4 is 5.91 Å². The van der Waals surface area contributed by atoms with Crippen LogP contribution in [-0.2, 0) is 6.54 Å². The maximum atomic E-state index is 12.7. The lowest BCUT2D eigenvalue weighted by Gasteiger charge is -2.19. The van der Waals surface area contributed by atoms with Crippen molar-refractivity contribution in [3.8, 4) is 5.69 Å². The molecule has 0 saturated carbocycles. The van der Waals surface area contributed by atoms with Crippen molar-refractivity contribution in [2.75, 3.05) is 7.05 Å². The summed E-state index contributed by atoms with van der Waals surface area (Å²) in [4.78, 5) is 14.4. The topological polar surface area (TPSA) is 63.9 Å². The molecule has 3 rings (SSSR count). The van der Waals surface area contributed by atoms with Crippen LogP contribution >= 0.6 is 0 Å². The first kappa shape index (κ1) is 15.9. The number of amides is 1. The number of hydrogen-bond donors (Lipinski definition) is 0. The number of aryl methyl sites for hydroxylation is 2. The summed E-state index contributed by atoms with van der Waals surface area (Å²) in [5.74, 6) is -0.0371. The van der Waals surface area contributed by atoms with Crippen molar-refractivity contribution in [2.45, 2.75) is 20.4 Å². The van der Waals surface area contributed by atoms with Crippen LogP contribution < -0.4 is 0 Å². The predicted molar refractivity (Wildman–Crippen MR) is 90.9 cm³/mol. The molecule has 0 saturated heterocycles. The summed E-state index contributed by atoms with van der Waals surface area (Å²) >= 11 is 0. The summed E-state index contributed by atoms with van der Waals surface area (Å²) < 4.78 is 1.53. The molecule has 0 radical (unpaired) electrons. The molecule has 1 heterocycles. The highest BCUT2D eigenvalue weighted by Crippen LogP contribution is 2.15. The Morgan fingerprint density at radius 2 is 2.00 bits per heavy atom. The Balaban J connectivity index is 1.79. The molecular weight excluding hydrogens is 302 g/mol. The molecule has 0 aliphatic carbocycles. The molecule has 0 unspecified atom stereocenters. The van der Waals surface area contributed by atoms with Gasteiger partial charge in [0.05, 0.1) is 5.69 Å². The fourth-order valence-corrected chi connectivity index (χ4v) is 2.63. The van der Waals surface area contributed by atoms with Crippen LogP contribution in [0.2, 0.25) is 0 Å². The van der Waals surface area contributed by atoms with Gasteiger partial charge in [0.2, 0.25) is 0 Å². The molecule has 6 nitrogen and oxygen atoms in total. The highest BCUT2D eigenvalue weighted by atomic mass is 16.2. The zero-order valence-corrected chi connectivity index (χ0v) is 14.0. The van der Waals surface area contributed by atoms with Gasteiger partial charge < -0.3 is 4.90 Å². The number of carbonyl (C=O) groups excluding carboxylic acids is 1. The molecule has 6 heteroatoms. The number of tetrazole rings is 1.